The van der Waals surface area contributed by atoms with Crippen LogP contribution < -0.4 is 20.1 Å². The number of sulfonamides is 1. The fraction of sp³-hybridized carbons (Fsp3) is 0.615. The lowest BCUT2D eigenvalue weighted by molar-refractivity contribution is -0.141. The highest BCUT2D eigenvalue weighted by atomic mass is 35.5. The van der Waals surface area contributed by atoms with Crippen molar-refractivity contribution in [2.24, 2.45) is 11.8 Å². The molecule has 54 heavy (non-hydrogen) atoms. The molecule has 1 aromatic carbocycles. The Hall–Kier alpha value is -3.91. The number of nitrogens with zero attached hydrogens (tertiary/aromatic N) is 2. The third-order valence-electron chi connectivity index (χ3n) is 11.8. The highest BCUT2D eigenvalue weighted by Gasteiger charge is 2.64. The summed E-state index contributed by atoms with van der Waals surface area (Å²) >= 11 is 6.38. The SMILES string of the molecule is Cc1nc2ccc(Cl)cc2c2c1O[C@]1(CC2)C[C@H]2C(=O)N[C@]3(C(=O)NS(=O)(=O)C4(C)CC4)CC3/C=C\CCCCC[C@H](NC(=O)OCC(C)C)C(=O)N2C1. The molecule has 3 fully saturated rings. The number of nitrogens with one attached hydrogen (secondary N) is 3. The van der Waals surface area contributed by atoms with Gasteiger partial charge in [0.2, 0.25) is 21.8 Å². The minimum atomic E-state index is -3.98. The average Bonchev–Trinajstić information content (AvgIpc) is 4.01. The minimum Gasteiger partial charge on any atom is -0.483 e. The van der Waals surface area contributed by atoms with Crippen LogP contribution in [0.15, 0.2) is 30.4 Å². The van der Waals surface area contributed by atoms with Gasteiger partial charge in [0.25, 0.3) is 5.91 Å². The molecule has 1 aromatic heterocycles. The molecular weight excluding hydrogens is 734 g/mol. The third-order valence-corrected chi connectivity index (χ3v) is 14.2. The number of hydrogen-bond acceptors (Lipinski definition) is 9. The fourth-order valence-electron chi connectivity index (χ4n) is 8.09. The number of alkyl carbamates (subject to hydrolysis) is 1. The Morgan fingerprint density at radius 2 is 1.93 bits per heavy atom. The first kappa shape index (κ1) is 38.4. The van der Waals surface area contributed by atoms with Crippen LogP contribution in [0.2, 0.25) is 5.02 Å². The standard InChI is InChI=1S/C39H50ClN5O8S/c1-23(2)21-52-36(49)42-30-11-9-7-5-6-8-10-25-19-39(25,35(48)44-54(50,51)37(4)16-17-37)43-33(46)31-20-38(22-45(31)34(30)47)15-14-27-28-18-26(40)12-13-29(28)41-24(3)32(27)53-38/h8,10,12-13,18,23,25,30-31H,5-7,9,11,14-17,19-22H2,1-4H3,(H,42,49)(H,43,46)(H,44,48)/b10-8-/t25?,30-,31-,38+,39+/m0/s1. The molecule has 3 N–H and O–H groups in total. The second-order valence-electron chi connectivity index (χ2n) is 16.5. The van der Waals surface area contributed by atoms with Gasteiger partial charge in [-0.15, -0.1) is 0 Å². The number of ether oxygens (including phenoxy) is 2. The zero-order chi connectivity index (χ0) is 38.6. The van der Waals surface area contributed by atoms with Crippen LogP contribution in [-0.4, -0.2) is 83.2 Å². The molecule has 0 bridgehead atoms. The van der Waals surface area contributed by atoms with Crippen molar-refractivity contribution in [3.63, 3.8) is 0 Å². The summed E-state index contributed by atoms with van der Waals surface area (Å²) < 4.78 is 39.9. The van der Waals surface area contributed by atoms with Crippen molar-refractivity contribution in [3.8, 4) is 5.75 Å². The zero-order valence-electron chi connectivity index (χ0n) is 31.3. The van der Waals surface area contributed by atoms with Crippen LogP contribution >= 0.6 is 11.6 Å². The normalized spacial score (nSPS) is 29.8. The molecule has 13 nitrogen and oxygen atoms in total. The Labute approximate surface area is 321 Å². The van der Waals surface area contributed by atoms with E-state index >= 15 is 0 Å². The molecule has 7 rings (SSSR count). The van der Waals surface area contributed by atoms with E-state index in [-0.39, 0.29) is 31.9 Å². The topological polar surface area (TPSA) is 173 Å². The van der Waals surface area contributed by atoms with E-state index in [2.05, 4.69) is 15.4 Å². The smallest absolute Gasteiger partial charge is 0.407 e. The molecule has 4 heterocycles. The summed E-state index contributed by atoms with van der Waals surface area (Å²) in [7, 11) is -3.98. The molecule has 0 radical (unpaired) electrons. The van der Waals surface area contributed by atoms with Gasteiger partial charge in [0.15, 0.2) is 0 Å². The molecule has 292 valence electrons. The van der Waals surface area contributed by atoms with E-state index in [9.17, 15) is 27.6 Å². The second-order valence-corrected chi connectivity index (χ2v) is 19.2. The van der Waals surface area contributed by atoms with Gasteiger partial charge in [0, 0.05) is 28.3 Å². The Morgan fingerprint density at radius 1 is 1.15 bits per heavy atom. The van der Waals surface area contributed by atoms with E-state index < -0.39 is 67.7 Å². The largest absolute Gasteiger partial charge is 0.483 e. The number of allylic oxidation sites excluding steroid dienone is 1. The van der Waals surface area contributed by atoms with Gasteiger partial charge in [-0.25, -0.2) is 18.2 Å². The van der Waals surface area contributed by atoms with Crippen LogP contribution in [0.3, 0.4) is 0 Å². The number of benzene rings is 1. The molecular formula is C39H50ClN5O8S. The summed E-state index contributed by atoms with van der Waals surface area (Å²) in [5, 5.41) is 7.17. The quantitative estimate of drug-likeness (QED) is 0.341. The monoisotopic (exact) mass is 783 g/mol. The predicted octanol–water partition coefficient (Wildman–Crippen LogP) is 5.01. The lowest BCUT2D eigenvalue weighted by atomic mass is 9.87. The van der Waals surface area contributed by atoms with E-state index in [0.29, 0.717) is 61.4 Å². The van der Waals surface area contributed by atoms with E-state index in [1.165, 1.54) is 4.90 Å². The van der Waals surface area contributed by atoms with Crippen molar-refractivity contribution < 1.29 is 37.1 Å². The first-order valence-corrected chi connectivity index (χ1v) is 21.0. The Kier molecular flexibility index (Phi) is 10.2. The van der Waals surface area contributed by atoms with E-state index in [4.69, 9.17) is 26.1 Å². The molecule has 1 spiro atoms. The van der Waals surface area contributed by atoms with E-state index in [0.717, 1.165) is 29.3 Å². The number of fused-ring (bicyclic) bond motifs is 5. The van der Waals surface area contributed by atoms with Crippen molar-refractivity contribution in [3.05, 3.63) is 46.6 Å². The summed E-state index contributed by atoms with van der Waals surface area (Å²) in [6, 6.07) is 3.46. The van der Waals surface area contributed by atoms with Crippen LogP contribution in [0.1, 0.15) is 96.2 Å². The first-order chi connectivity index (χ1) is 25.6. The number of rotatable bonds is 6. The molecule has 2 aromatic rings. The van der Waals surface area contributed by atoms with Gasteiger partial charge >= 0.3 is 6.09 Å². The van der Waals surface area contributed by atoms with Crippen molar-refractivity contribution in [2.45, 2.75) is 126 Å². The lowest BCUT2D eigenvalue weighted by Gasteiger charge is -2.36. The molecule has 2 aliphatic carbocycles. The third kappa shape index (κ3) is 7.39. The Balaban J connectivity index is 1.23. The molecule has 1 saturated heterocycles. The zero-order valence-corrected chi connectivity index (χ0v) is 32.9. The van der Waals surface area contributed by atoms with Gasteiger partial charge in [0.05, 0.1) is 29.1 Å². The first-order valence-electron chi connectivity index (χ1n) is 19.1. The maximum Gasteiger partial charge on any atom is 0.407 e. The predicted molar refractivity (Wildman–Crippen MR) is 202 cm³/mol. The highest BCUT2D eigenvalue weighted by Crippen LogP contribution is 2.49. The summed E-state index contributed by atoms with van der Waals surface area (Å²) in [6.07, 6.45) is 8.65. The van der Waals surface area contributed by atoms with Crippen molar-refractivity contribution >= 4 is 56.3 Å². The van der Waals surface area contributed by atoms with Crippen LogP contribution in [0.25, 0.3) is 10.9 Å². The summed E-state index contributed by atoms with van der Waals surface area (Å²) in [4.78, 5) is 62.4. The van der Waals surface area contributed by atoms with Gasteiger partial charge in [-0.05, 0) is 89.3 Å². The molecule has 1 unspecified atom stereocenters. The number of carbonyl (C=O) groups excluding carboxylic acids is 4. The summed E-state index contributed by atoms with van der Waals surface area (Å²) in [5.74, 6) is -1.58. The van der Waals surface area contributed by atoms with Crippen molar-refractivity contribution in [2.75, 3.05) is 13.2 Å². The molecule has 4 amide bonds. The Morgan fingerprint density at radius 3 is 2.67 bits per heavy atom. The second kappa shape index (κ2) is 14.3. The van der Waals surface area contributed by atoms with Gasteiger partial charge in [0.1, 0.15) is 29.0 Å². The molecule has 5 atom stereocenters. The lowest BCUT2D eigenvalue weighted by Crippen LogP contribution is -2.58. The summed E-state index contributed by atoms with van der Waals surface area (Å²) in [5.41, 5.74) is -0.0864. The van der Waals surface area contributed by atoms with Crippen molar-refractivity contribution in [1.29, 1.82) is 0 Å². The summed E-state index contributed by atoms with van der Waals surface area (Å²) in [6.45, 7) is 7.52. The fourth-order valence-corrected chi connectivity index (χ4v) is 9.57. The number of halogens is 1. The number of hydrogen-bond donors (Lipinski definition) is 3. The van der Waals surface area contributed by atoms with Crippen LogP contribution in [0.4, 0.5) is 4.79 Å². The van der Waals surface area contributed by atoms with Gasteiger partial charge in [-0.3, -0.25) is 19.1 Å². The minimum absolute atomic E-state index is 0.0465. The van der Waals surface area contributed by atoms with E-state index in [1.54, 1.807) is 13.0 Å². The number of amides is 4. The maximum absolute atomic E-state index is 14.7. The molecule has 3 aliphatic heterocycles. The number of aryl methyl sites for hydroxylation is 2. The molecule has 5 aliphatic rings. The maximum atomic E-state index is 14.7. The van der Waals surface area contributed by atoms with Gasteiger partial charge in [-0.1, -0.05) is 50.4 Å². The highest BCUT2D eigenvalue weighted by molar-refractivity contribution is 7.91. The van der Waals surface area contributed by atoms with Gasteiger partial charge in [-0.2, -0.15) is 0 Å². The molecule has 2 saturated carbocycles. The van der Waals surface area contributed by atoms with Crippen LogP contribution in [0, 0.1) is 18.8 Å². The van der Waals surface area contributed by atoms with Crippen molar-refractivity contribution in [1.82, 2.24) is 25.2 Å². The van der Waals surface area contributed by atoms with Crippen LogP contribution in [-0.2, 0) is 35.6 Å². The number of carbonyl (C=O) groups is 4. The number of aromatic nitrogens is 1. The average molecular weight is 784 g/mol. The van der Waals surface area contributed by atoms with Crippen LogP contribution in [0.5, 0.6) is 5.75 Å². The van der Waals surface area contributed by atoms with E-state index in [1.807, 2.05) is 45.1 Å². The Bertz CT molecular complexity index is 2020. The van der Waals surface area contributed by atoms with Gasteiger partial charge < -0.3 is 25.0 Å². The molecule has 15 heteroatoms. The number of pyridine rings is 1.